The quantitative estimate of drug-likeness (QED) is 0.784. The second kappa shape index (κ2) is 5.44. The summed E-state index contributed by atoms with van der Waals surface area (Å²) in [5, 5.41) is 1.00. The zero-order chi connectivity index (χ0) is 14.1. The molecule has 0 unspecified atom stereocenters. The first-order valence-corrected chi connectivity index (χ1v) is 6.98. The van der Waals surface area contributed by atoms with Crippen LogP contribution in [0.1, 0.15) is 5.56 Å². The van der Waals surface area contributed by atoms with Crippen LogP contribution in [0.25, 0.3) is 22.6 Å². The Kier molecular flexibility index (Phi) is 3.66. The van der Waals surface area contributed by atoms with Gasteiger partial charge < -0.3 is 10.2 Å². The second-order valence-electron chi connectivity index (χ2n) is 4.49. The summed E-state index contributed by atoms with van der Waals surface area (Å²) in [4.78, 5) is 4.44. The lowest BCUT2D eigenvalue weighted by molar-refractivity contribution is 0.620. The zero-order valence-electron chi connectivity index (χ0n) is 10.6. The average Bonchev–Trinajstić information content (AvgIpc) is 2.83. The number of nitrogens with two attached hydrogens (primary N) is 1. The smallest absolute Gasteiger partial charge is 0.227 e. The fourth-order valence-electron chi connectivity index (χ4n) is 2.11. The van der Waals surface area contributed by atoms with Gasteiger partial charge in [0, 0.05) is 10.6 Å². The minimum atomic E-state index is 0.462. The molecule has 2 aromatic carbocycles. The van der Waals surface area contributed by atoms with E-state index in [4.69, 9.17) is 33.4 Å². The Morgan fingerprint density at radius 2 is 2.00 bits per heavy atom. The molecule has 5 heteroatoms. The van der Waals surface area contributed by atoms with E-state index < -0.39 is 0 Å². The molecule has 0 aliphatic rings. The Morgan fingerprint density at radius 1 is 1.15 bits per heavy atom. The Hall–Kier alpha value is -1.55. The molecule has 0 fully saturated rings. The summed E-state index contributed by atoms with van der Waals surface area (Å²) >= 11 is 12.1. The van der Waals surface area contributed by atoms with Crippen LogP contribution in [-0.4, -0.2) is 11.5 Å². The van der Waals surface area contributed by atoms with Crippen molar-refractivity contribution >= 4 is 34.3 Å². The van der Waals surface area contributed by atoms with E-state index in [1.54, 1.807) is 12.1 Å². The summed E-state index contributed by atoms with van der Waals surface area (Å²) in [6.07, 6.45) is 0.820. The van der Waals surface area contributed by atoms with Crippen molar-refractivity contribution in [1.29, 1.82) is 0 Å². The first-order chi connectivity index (χ1) is 9.67. The zero-order valence-corrected chi connectivity index (χ0v) is 12.1. The van der Waals surface area contributed by atoms with Crippen molar-refractivity contribution in [3.05, 3.63) is 52.0 Å². The van der Waals surface area contributed by atoms with Crippen molar-refractivity contribution < 1.29 is 4.42 Å². The van der Waals surface area contributed by atoms with E-state index in [1.807, 2.05) is 24.3 Å². The second-order valence-corrected chi connectivity index (χ2v) is 5.34. The molecule has 0 bridgehead atoms. The van der Waals surface area contributed by atoms with Gasteiger partial charge in [-0.3, -0.25) is 0 Å². The lowest BCUT2D eigenvalue weighted by Gasteiger charge is -2.00. The van der Waals surface area contributed by atoms with Crippen molar-refractivity contribution in [2.24, 2.45) is 5.73 Å². The fourth-order valence-corrected chi connectivity index (χ4v) is 2.63. The van der Waals surface area contributed by atoms with E-state index in [-0.39, 0.29) is 0 Å². The lowest BCUT2D eigenvalue weighted by atomic mass is 10.1. The third kappa shape index (κ3) is 2.52. The molecule has 0 spiro atoms. The molecular formula is C15H12Cl2N2O. The highest BCUT2D eigenvalue weighted by molar-refractivity contribution is 6.38. The number of hydrogen-bond acceptors (Lipinski definition) is 3. The molecule has 0 radical (unpaired) electrons. The summed E-state index contributed by atoms with van der Waals surface area (Å²) in [6, 6.07) is 11.3. The molecule has 1 heterocycles. The van der Waals surface area contributed by atoms with E-state index in [0.29, 0.717) is 33.6 Å². The van der Waals surface area contributed by atoms with Gasteiger partial charge in [0.05, 0.1) is 5.02 Å². The van der Waals surface area contributed by atoms with Gasteiger partial charge in [-0.05, 0) is 42.8 Å². The van der Waals surface area contributed by atoms with Gasteiger partial charge in [0.2, 0.25) is 5.89 Å². The summed E-state index contributed by atoms with van der Waals surface area (Å²) in [7, 11) is 0. The van der Waals surface area contributed by atoms with Crippen LogP contribution in [0.5, 0.6) is 0 Å². The molecule has 20 heavy (non-hydrogen) atoms. The van der Waals surface area contributed by atoms with Gasteiger partial charge in [-0.15, -0.1) is 0 Å². The third-order valence-corrected chi connectivity index (χ3v) is 3.52. The average molecular weight is 307 g/mol. The van der Waals surface area contributed by atoms with Crippen molar-refractivity contribution in [1.82, 2.24) is 4.98 Å². The van der Waals surface area contributed by atoms with Gasteiger partial charge in [0.15, 0.2) is 5.58 Å². The van der Waals surface area contributed by atoms with Gasteiger partial charge in [0.25, 0.3) is 0 Å². The maximum atomic E-state index is 6.11. The summed E-state index contributed by atoms with van der Waals surface area (Å²) < 4.78 is 5.74. The van der Waals surface area contributed by atoms with Crippen molar-refractivity contribution in [2.45, 2.75) is 6.42 Å². The molecule has 0 atom stereocenters. The van der Waals surface area contributed by atoms with E-state index in [9.17, 15) is 0 Å². The van der Waals surface area contributed by atoms with Gasteiger partial charge in [-0.25, -0.2) is 4.98 Å². The minimum Gasteiger partial charge on any atom is -0.435 e. The monoisotopic (exact) mass is 306 g/mol. The maximum Gasteiger partial charge on any atom is 0.227 e. The van der Waals surface area contributed by atoms with Crippen LogP contribution >= 0.6 is 23.2 Å². The van der Waals surface area contributed by atoms with Gasteiger partial charge >= 0.3 is 0 Å². The Balaban J connectivity index is 2.10. The van der Waals surface area contributed by atoms with E-state index in [0.717, 1.165) is 17.5 Å². The summed E-state index contributed by atoms with van der Waals surface area (Å²) in [6.45, 7) is 0.610. The molecule has 3 rings (SSSR count). The van der Waals surface area contributed by atoms with Crippen LogP contribution in [0.3, 0.4) is 0 Å². The number of aromatic nitrogens is 1. The molecule has 0 aliphatic heterocycles. The van der Waals surface area contributed by atoms with E-state index >= 15 is 0 Å². The topological polar surface area (TPSA) is 52.0 Å². The number of fused-ring (bicyclic) bond motifs is 1. The maximum absolute atomic E-state index is 6.11. The molecular weight excluding hydrogens is 295 g/mol. The largest absolute Gasteiger partial charge is 0.435 e. The molecule has 0 saturated carbocycles. The highest BCUT2D eigenvalue weighted by Crippen LogP contribution is 2.32. The number of hydrogen-bond donors (Lipinski definition) is 1. The number of rotatable bonds is 3. The van der Waals surface area contributed by atoms with Gasteiger partial charge in [-0.1, -0.05) is 35.3 Å². The van der Waals surface area contributed by atoms with Crippen LogP contribution in [0, 0.1) is 0 Å². The number of benzene rings is 2. The summed E-state index contributed by atoms with van der Waals surface area (Å²) in [5.41, 5.74) is 8.83. The highest BCUT2D eigenvalue weighted by Gasteiger charge is 2.12. The molecule has 1 aromatic heterocycles. The number of nitrogens with zero attached hydrogens (tertiary/aromatic N) is 1. The van der Waals surface area contributed by atoms with Crippen molar-refractivity contribution in [3.8, 4) is 11.5 Å². The number of oxazole rings is 1. The summed E-state index contributed by atoms with van der Waals surface area (Å²) in [5.74, 6) is 0.531. The van der Waals surface area contributed by atoms with Crippen LogP contribution in [0.4, 0.5) is 0 Å². The fraction of sp³-hybridized carbons (Fsp3) is 0.133. The standard InChI is InChI=1S/C15H12Cl2N2O/c16-11-7-12(17)14-13(8-11)19-15(20-14)10-3-1-2-9(6-10)4-5-18/h1-3,6-8H,4-5,18H2. The highest BCUT2D eigenvalue weighted by atomic mass is 35.5. The molecule has 0 saturated heterocycles. The van der Waals surface area contributed by atoms with Gasteiger partial charge in [0.1, 0.15) is 5.52 Å². The predicted molar refractivity (Wildman–Crippen MR) is 82.2 cm³/mol. The van der Waals surface area contributed by atoms with Gasteiger partial charge in [-0.2, -0.15) is 0 Å². The SMILES string of the molecule is NCCc1cccc(-c2nc3cc(Cl)cc(Cl)c3o2)c1. The molecule has 0 amide bonds. The van der Waals surface area contributed by atoms with Crippen LogP contribution in [0.2, 0.25) is 10.0 Å². The molecule has 3 nitrogen and oxygen atoms in total. The Bertz CT molecular complexity index is 768. The first-order valence-electron chi connectivity index (χ1n) is 6.22. The van der Waals surface area contributed by atoms with E-state index in [1.165, 1.54) is 0 Å². The minimum absolute atomic E-state index is 0.462. The van der Waals surface area contributed by atoms with Crippen LogP contribution < -0.4 is 5.73 Å². The molecule has 3 aromatic rings. The predicted octanol–water partition coefficient (Wildman–Crippen LogP) is 4.30. The molecule has 102 valence electrons. The lowest BCUT2D eigenvalue weighted by Crippen LogP contribution is -2.02. The Labute approximate surface area is 126 Å². The normalized spacial score (nSPS) is 11.2. The van der Waals surface area contributed by atoms with Crippen molar-refractivity contribution in [2.75, 3.05) is 6.54 Å². The van der Waals surface area contributed by atoms with Crippen LogP contribution in [0.15, 0.2) is 40.8 Å². The number of halogens is 2. The molecule has 0 aliphatic carbocycles. The van der Waals surface area contributed by atoms with Crippen molar-refractivity contribution in [3.63, 3.8) is 0 Å². The molecule has 2 N–H and O–H groups in total. The van der Waals surface area contributed by atoms with E-state index in [2.05, 4.69) is 4.98 Å². The first kappa shape index (κ1) is 13.4. The third-order valence-electron chi connectivity index (χ3n) is 3.02. The van der Waals surface area contributed by atoms with Crippen LogP contribution in [-0.2, 0) is 6.42 Å². The Morgan fingerprint density at radius 3 is 2.80 bits per heavy atom.